The quantitative estimate of drug-likeness (QED) is 0.793. The standard InChI is InChI=1S/C16H24N2O2/c1-5-9-18-16(3,12-17)8-10-20-14-7-6-13(2)11-15(14)19-4/h6-7,11,18H,5,8-10H2,1-4H3. The molecule has 0 aromatic heterocycles. The number of hydrogen-bond acceptors (Lipinski definition) is 4. The summed E-state index contributed by atoms with van der Waals surface area (Å²) in [6, 6.07) is 8.14. The molecular formula is C16H24N2O2. The van der Waals surface area contributed by atoms with Crippen LogP contribution in [-0.4, -0.2) is 25.8 Å². The van der Waals surface area contributed by atoms with Crippen molar-refractivity contribution in [2.75, 3.05) is 20.3 Å². The normalized spacial score (nSPS) is 13.3. The summed E-state index contributed by atoms with van der Waals surface area (Å²) in [5, 5.41) is 12.5. The fourth-order valence-electron chi connectivity index (χ4n) is 1.84. The zero-order valence-electron chi connectivity index (χ0n) is 12.8. The van der Waals surface area contributed by atoms with E-state index in [-0.39, 0.29) is 0 Å². The third-order valence-electron chi connectivity index (χ3n) is 3.19. The number of methoxy groups -OCH3 is 1. The summed E-state index contributed by atoms with van der Waals surface area (Å²) in [6.45, 7) is 7.29. The summed E-state index contributed by atoms with van der Waals surface area (Å²) >= 11 is 0. The number of rotatable bonds is 8. The maximum absolute atomic E-state index is 9.25. The van der Waals surface area contributed by atoms with E-state index in [9.17, 15) is 5.26 Å². The predicted octanol–water partition coefficient (Wildman–Crippen LogP) is 3.05. The molecule has 0 bridgehead atoms. The van der Waals surface area contributed by atoms with Crippen molar-refractivity contribution in [3.8, 4) is 17.6 Å². The largest absolute Gasteiger partial charge is 0.493 e. The SMILES string of the molecule is CCCNC(C)(C#N)CCOc1ccc(C)cc1OC. The third-order valence-corrected chi connectivity index (χ3v) is 3.19. The van der Waals surface area contributed by atoms with Crippen LogP contribution >= 0.6 is 0 Å². The Hall–Kier alpha value is -1.73. The fourth-order valence-corrected chi connectivity index (χ4v) is 1.84. The van der Waals surface area contributed by atoms with E-state index in [1.807, 2.05) is 32.0 Å². The molecule has 0 fully saturated rings. The molecule has 1 N–H and O–H groups in total. The van der Waals surface area contributed by atoms with Gasteiger partial charge >= 0.3 is 0 Å². The van der Waals surface area contributed by atoms with Gasteiger partial charge in [-0.25, -0.2) is 0 Å². The molecular weight excluding hydrogens is 252 g/mol. The molecule has 0 amide bonds. The lowest BCUT2D eigenvalue weighted by Gasteiger charge is -2.23. The van der Waals surface area contributed by atoms with E-state index in [1.165, 1.54) is 0 Å². The molecule has 0 saturated carbocycles. The second kappa shape index (κ2) is 7.76. The topological polar surface area (TPSA) is 54.3 Å². The first-order valence-electron chi connectivity index (χ1n) is 6.98. The molecule has 0 aliphatic carbocycles. The Morgan fingerprint density at radius 2 is 2.10 bits per heavy atom. The number of ether oxygens (including phenoxy) is 2. The molecule has 4 heteroatoms. The maximum atomic E-state index is 9.25. The van der Waals surface area contributed by atoms with Gasteiger partial charge in [-0.3, -0.25) is 5.32 Å². The number of aryl methyl sites for hydroxylation is 1. The monoisotopic (exact) mass is 276 g/mol. The summed E-state index contributed by atoms with van der Waals surface area (Å²) in [4.78, 5) is 0. The predicted molar refractivity (Wildman–Crippen MR) is 80.2 cm³/mol. The molecule has 1 rings (SSSR count). The second-order valence-corrected chi connectivity index (χ2v) is 5.12. The van der Waals surface area contributed by atoms with Crippen LogP contribution in [0.1, 0.15) is 32.3 Å². The fraction of sp³-hybridized carbons (Fsp3) is 0.562. The van der Waals surface area contributed by atoms with Gasteiger partial charge in [0, 0.05) is 6.42 Å². The highest BCUT2D eigenvalue weighted by Crippen LogP contribution is 2.28. The van der Waals surface area contributed by atoms with E-state index >= 15 is 0 Å². The van der Waals surface area contributed by atoms with Crippen LogP contribution in [0.15, 0.2) is 18.2 Å². The molecule has 1 unspecified atom stereocenters. The molecule has 1 atom stereocenters. The Labute approximate surface area is 121 Å². The van der Waals surface area contributed by atoms with Crippen LogP contribution in [0, 0.1) is 18.3 Å². The smallest absolute Gasteiger partial charge is 0.161 e. The average Bonchev–Trinajstić information content (AvgIpc) is 2.46. The third kappa shape index (κ3) is 4.75. The Balaban J connectivity index is 2.57. The van der Waals surface area contributed by atoms with Crippen LogP contribution in [0.4, 0.5) is 0 Å². The van der Waals surface area contributed by atoms with Crippen molar-refractivity contribution in [1.29, 1.82) is 5.26 Å². The van der Waals surface area contributed by atoms with Gasteiger partial charge in [0.15, 0.2) is 11.5 Å². The Kier molecular flexibility index (Phi) is 6.33. The molecule has 4 nitrogen and oxygen atoms in total. The molecule has 0 radical (unpaired) electrons. The van der Waals surface area contributed by atoms with Gasteiger partial charge in [0.2, 0.25) is 0 Å². The molecule has 1 aromatic rings. The van der Waals surface area contributed by atoms with Crippen molar-refractivity contribution >= 4 is 0 Å². The number of hydrogen-bond donors (Lipinski definition) is 1. The summed E-state index contributed by atoms with van der Waals surface area (Å²) in [6.07, 6.45) is 1.63. The minimum Gasteiger partial charge on any atom is -0.493 e. The van der Waals surface area contributed by atoms with Crippen molar-refractivity contribution in [2.45, 2.75) is 39.2 Å². The molecule has 0 saturated heterocycles. The van der Waals surface area contributed by atoms with E-state index in [4.69, 9.17) is 9.47 Å². The van der Waals surface area contributed by atoms with Gasteiger partial charge in [0.25, 0.3) is 0 Å². The molecule has 110 valence electrons. The van der Waals surface area contributed by atoms with Crippen molar-refractivity contribution in [3.63, 3.8) is 0 Å². The van der Waals surface area contributed by atoms with Crippen molar-refractivity contribution < 1.29 is 9.47 Å². The van der Waals surface area contributed by atoms with E-state index in [0.29, 0.717) is 18.8 Å². The van der Waals surface area contributed by atoms with Gasteiger partial charge in [-0.05, 0) is 44.5 Å². The molecule has 0 spiro atoms. The summed E-state index contributed by atoms with van der Waals surface area (Å²) in [5.74, 6) is 1.44. The van der Waals surface area contributed by atoms with Crippen LogP contribution in [0.2, 0.25) is 0 Å². The number of nitrogens with one attached hydrogen (secondary N) is 1. The van der Waals surface area contributed by atoms with Crippen LogP contribution < -0.4 is 14.8 Å². The highest BCUT2D eigenvalue weighted by molar-refractivity contribution is 5.42. The first-order valence-corrected chi connectivity index (χ1v) is 6.98. The lowest BCUT2D eigenvalue weighted by atomic mass is 10.0. The van der Waals surface area contributed by atoms with E-state index < -0.39 is 5.54 Å². The summed E-state index contributed by atoms with van der Waals surface area (Å²) in [7, 11) is 1.63. The van der Waals surface area contributed by atoms with Gasteiger partial charge in [0.05, 0.1) is 19.8 Å². The highest BCUT2D eigenvalue weighted by Gasteiger charge is 2.22. The number of nitrogens with zero attached hydrogens (tertiary/aromatic N) is 1. The van der Waals surface area contributed by atoms with Gasteiger partial charge in [-0.2, -0.15) is 5.26 Å². The minimum atomic E-state index is -0.548. The van der Waals surface area contributed by atoms with Gasteiger partial charge in [-0.15, -0.1) is 0 Å². The zero-order chi connectivity index (χ0) is 15.0. The molecule has 20 heavy (non-hydrogen) atoms. The maximum Gasteiger partial charge on any atom is 0.161 e. The van der Waals surface area contributed by atoms with Gasteiger partial charge in [-0.1, -0.05) is 13.0 Å². The average molecular weight is 276 g/mol. The van der Waals surface area contributed by atoms with Crippen LogP contribution in [0.25, 0.3) is 0 Å². The lowest BCUT2D eigenvalue weighted by molar-refractivity contribution is 0.255. The van der Waals surface area contributed by atoms with Crippen LogP contribution in [0.3, 0.4) is 0 Å². The minimum absolute atomic E-state index is 0.472. The van der Waals surface area contributed by atoms with Crippen molar-refractivity contribution in [3.05, 3.63) is 23.8 Å². The Morgan fingerprint density at radius 3 is 2.70 bits per heavy atom. The first kappa shape index (κ1) is 16.3. The Morgan fingerprint density at radius 1 is 1.35 bits per heavy atom. The summed E-state index contributed by atoms with van der Waals surface area (Å²) in [5.41, 5.74) is 0.578. The van der Waals surface area contributed by atoms with Crippen molar-refractivity contribution in [1.82, 2.24) is 5.32 Å². The van der Waals surface area contributed by atoms with Crippen molar-refractivity contribution in [2.24, 2.45) is 0 Å². The zero-order valence-corrected chi connectivity index (χ0v) is 12.8. The molecule has 0 aliphatic rings. The molecule has 1 aromatic carbocycles. The highest BCUT2D eigenvalue weighted by atomic mass is 16.5. The summed E-state index contributed by atoms with van der Waals surface area (Å²) < 4.78 is 11.0. The van der Waals surface area contributed by atoms with Crippen LogP contribution in [-0.2, 0) is 0 Å². The molecule has 0 aliphatic heterocycles. The van der Waals surface area contributed by atoms with Gasteiger partial charge in [0.1, 0.15) is 5.54 Å². The van der Waals surface area contributed by atoms with Gasteiger partial charge < -0.3 is 9.47 Å². The second-order valence-electron chi connectivity index (χ2n) is 5.12. The van der Waals surface area contributed by atoms with Crippen LogP contribution in [0.5, 0.6) is 11.5 Å². The first-order chi connectivity index (χ1) is 9.54. The lowest BCUT2D eigenvalue weighted by Crippen LogP contribution is -2.42. The number of nitriles is 1. The Bertz CT molecular complexity index is 468. The molecule has 0 heterocycles. The van der Waals surface area contributed by atoms with E-state index in [0.717, 1.165) is 24.3 Å². The van der Waals surface area contributed by atoms with E-state index in [1.54, 1.807) is 7.11 Å². The number of benzene rings is 1. The van der Waals surface area contributed by atoms with E-state index in [2.05, 4.69) is 18.3 Å².